The van der Waals surface area contributed by atoms with E-state index in [9.17, 15) is 4.79 Å². The molecule has 0 saturated heterocycles. The molecule has 4 heteroatoms. The van der Waals surface area contributed by atoms with E-state index in [1.807, 2.05) is 55.5 Å². The maximum atomic E-state index is 11.6. The summed E-state index contributed by atoms with van der Waals surface area (Å²) < 4.78 is 5.75. The SMILES string of the molecule is Cc1ccc(/C=C2\NC(=O)C=C2OCc2ccccc2)[nH]1. The molecule has 2 N–H and O–H groups in total. The van der Waals surface area contributed by atoms with Crippen molar-refractivity contribution >= 4 is 12.0 Å². The number of aromatic amines is 1. The van der Waals surface area contributed by atoms with Crippen LogP contribution in [0.1, 0.15) is 17.0 Å². The van der Waals surface area contributed by atoms with E-state index < -0.39 is 0 Å². The Hall–Kier alpha value is -2.75. The third-order valence-electron chi connectivity index (χ3n) is 3.18. The van der Waals surface area contributed by atoms with E-state index in [2.05, 4.69) is 10.3 Å². The van der Waals surface area contributed by atoms with Crippen LogP contribution in [0, 0.1) is 6.92 Å². The number of benzene rings is 1. The summed E-state index contributed by atoms with van der Waals surface area (Å²) in [5.74, 6) is 0.406. The Balaban J connectivity index is 1.74. The Bertz CT molecular complexity index is 711. The number of rotatable bonds is 4. The zero-order valence-corrected chi connectivity index (χ0v) is 11.7. The van der Waals surface area contributed by atoms with Gasteiger partial charge in [-0.25, -0.2) is 0 Å². The van der Waals surface area contributed by atoms with Crippen molar-refractivity contribution in [3.63, 3.8) is 0 Å². The zero-order chi connectivity index (χ0) is 14.7. The van der Waals surface area contributed by atoms with Gasteiger partial charge in [-0.15, -0.1) is 0 Å². The fourth-order valence-corrected chi connectivity index (χ4v) is 2.15. The van der Waals surface area contributed by atoms with Crippen LogP contribution >= 0.6 is 0 Å². The molecule has 2 heterocycles. The molecule has 0 spiro atoms. The summed E-state index contributed by atoms with van der Waals surface area (Å²) in [4.78, 5) is 14.8. The van der Waals surface area contributed by atoms with Crippen molar-refractivity contribution in [3.05, 3.63) is 76.9 Å². The second-order valence-electron chi connectivity index (χ2n) is 4.93. The van der Waals surface area contributed by atoms with Gasteiger partial charge < -0.3 is 15.0 Å². The molecule has 0 aliphatic carbocycles. The quantitative estimate of drug-likeness (QED) is 0.904. The van der Waals surface area contributed by atoms with Gasteiger partial charge in [0.2, 0.25) is 0 Å². The lowest BCUT2D eigenvalue weighted by Crippen LogP contribution is -2.14. The summed E-state index contributed by atoms with van der Waals surface area (Å²) in [6, 6.07) is 13.8. The van der Waals surface area contributed by atoms with Gasteiger partial charge in [0.1, 0.15) is 12.4 Å². The Morgan fingerprint density at radius 2 is 1.95 bits per heavy atom. The monoisotopic (exact) mass is 280 g/mol. The average Bonchev–Trinajstić information content (AvgIpc) is 3.04. The number of amides is 1. The molecule has 3 rings (SSSR count). The lowest BCUT2D eigenvalue weighted by atomic mass is 10.2. The van der Waals surface area contributed by atoms with Gasteiger partial charge in [0.15, 0.2) is 0 Å². The van der Waals surface area contributed by atoms with Gasteiger partial charge in [-0.3, -0.25) is 4.79 Å². The second kappa shape index (κ2) is 5.71. The molecule has 106 valence electrons. The number of aromatic nitrogens is 1. The molecule has 2 aromatic rings. The molecule has 1 aromatic carbocycles. The van der Waals surface area contributed by atoms with Crippen molar-refractivity contribution < 1.29 is 9.53 Å². The number of carbonyl (C=O) groups is 1. The van der Waals surface area contributed by atoms with Crippen molar-refractivity contribution in [1.29, 1.82) is 0 Å². The van der Waals surface area contributed by atoms with Gasteiger partial charge in [-0.1, -0.05) is 30.3 Å². The maximum absolute atomic E-state index is 11.6. The van der Waals surface area contributed by atoms with E-state index >= 15 is 0 Å². The molecule has 0 bridgehead atoms. The minimum absolute atomic E-state index is 0.160. The molecule has 0 fully saturated rings. The van der Waals surface area contributed by atoms with Gasteiger partial charge in [0, 0.05) is 17.5 Å². The first-order valence-corrected chi connectivity index (χ1v) is 6.78. The second-order valence-corrected chi connectivity index (χ2v) is 4.93. The Morgan fingerprint density at radius 1 is 1.14 bits per heavy atom. The van der Waals surface area contributed by atoms with E-state index in [4.69, 9.17) is 4.74 Å². The number of hydrogen-bond acceptors (Lipinski definition) is 2. The minimum atomic E-state index is -0.160. The largest absolute Gasteiger partial charge is 0.487 e. The van der Waals surface area contributed by atoms with Crippen LogP contribution in [0.3, 0.4) is 0 Å². The first-order valence-electron chi connectivity index (χ1n) is 6.78. The molecule has 1 aromatic heterocycles. The van der Waals surface area contributed by atoms with Crippen molar-refractivity contribution in [2.45, 2.75) is 13.5 Å². The van der Waals surface area contributed by atoms with Crippen molar-refractivity contribution in [2.24, 2.45) is 0 Å². The van der Waals surface area contributed by atoms with Crippen LogP contribution in [0.5, 0.6) is 0 Å². The fraction of sp³-hybridized carbons (Fsp3) is 0.118. The standard InChI is InChI=1S/C17H16N2O2/c1-12-7-8-14(18-12)9-15-16(10-17(20)19-15)21-11-13-5-3-2-4-6-13/h2-10,18H,11H2,1H3,(H,19,20)/b15-9-. The Morgan fingerprint density at radius 3 is 2.67 bits per heavy atom. The highest BCUT2D eigenvalue weighted by Gasteiger charge is 2.19. The highest BCUT2D eigenvalue weighted by Crippen LogP contribution is 2.19. The lowest BCUT2D eigenvalue weighted by molar-refractivity contribution is -0.115. The minimum Gasteiger partial charge on any atom is -0.487 e. The number of ether oxygens (including phenoxy) is 1. The topological polar surface area (TPSA) is 54.1 Å². The molecular formula is C17H16N2O2. The predicted octanol–water partition coefficient (Wildman–Crippen LogP) is 2.89. The van der Waals surface area contributed by atoms with Crippen LogP contribution in [0.2, 0.25) is 0 Å². The van der Waals surface area contributed by atoms with E-state index in [1.54, 1.807) is 0 Å². The number of nitrogens with one attached hydrogen (secondary N) is 2. The van der Waals surface area contributed by atoms with Gasteiger partial charge in [-0.05, 0) is 30.7 Å². The summed E-state index contributed by atoms with van der Waals surface area (Å²) in [5.41, 5.74) is 3.74. The normalized spacial score (nSPS) is 16.0. The number of carbonyl (C=O) groups excluding carboxylic acids is 1. The zero-order valence-electron chi connectivity index (χ0n) is 11.7. The van der Waals surface area contributed by atoms with Crippen molar-refractivity contribution in [1.82, 2.24) is 10.3 Å². The summed E-state index contributed by atoms with van der Waals surface area (Å²) >= 11 is 0. The molecule has 4 nitrogen and oxygen atoms in total. The number of aryl methyl sites for hydroxylation is 1. The number of hydrogen-bond donors (Lipinski definition) is 2. The van der Waals surface area contributed by atoms with Gasteiger partial charge in [-0.2, -0.15) is 0 Å². The third-order valence-corrected chi connectivity index (χ3v) is 3.18. The highest BCUT2D eigenvalue weighted by atomic mass is 16.5. The summed E-state index contributed by atoms with van der Waals surface area (Å²) in [6.45, 7) is 2.42. The van der Waals surface area contributed by atoms with Crippen LogP contribution in [0.4, 0.5) is 0 Å². The summed E-state index contributed by atoms with van der Waals surface area (Å²) in [6.07, 6.45) is 3.35. The molecule has 0 atom stereocenters. The van der Waals surface area contributed by atoms with Crippen LogP contribution in [0.25, 0.3) is 6.08 Å². The molecule has 21 heavy (non-hydrogen) atoms. The smallest absolute Gasteiger partial charge is 0.252 e. The maximum Gasteiger partial charge on any atom is 0.252 e. The first kappa shape index (κ1) is 13.2. The number of H-pyrrole nitrogens is 1. The van der Waals surface area contributed by atoms with Crippen LogP contribution in [-0.4, -0.2) is 10.9 Å². The van der Waals surface area contributed by atoms with Crippen molar-refractivity contribution in [2.75, 3.05) is 0 Å². The third kappa shape index (κ3) is 3.23. The first-order chi connectivity index (χ1) is 10.2. The van der Waals surface area contributed by atoms with Crippen LogP contribution in [-0.2, 0) is 16.1 Å². The highest BCUT2D eigenvalue weighted by molar-refractivity contribution is 5.95. The van der Waals surface area contributed by atoms with Crippen LogP contribution in [0.15, 0.2) is 60.0 Å². The summed E-state index contributed by atoms with van der Waals surface area (Å²) in [5, 5.41) is 2.78. The van der Waals surface area contributed by atoms with E-state index in [0.717, 1.165) is 17.0 Å². The fourth-order valence-electron chi connectivity index (χ4n) is 2.15. The average molecular weight is 280 g/mol. The lowest BCUT2D eigenvalue weighted by Gasteiger charge is -2.08. The molecular weight excluding hydrogens is 264 g/mol. The molecule has 1 aliphatic rings. The van der Waals surface area contributed by atoms with Crippen molar-refractivity contribution in [3.8, 4) is 0 Å². The van der Waals surface area contributed by atoms with Gasteiger partial charge in [0.25, 0.3) is 5.91 Å². The van der Waals surface area contributed by atoms with E-state index in [-0.39, 0.29) is 5.91 Å². The van der Waals surface area contributed by atoms with E-state index in [0.29, 0.717) is 18.1 Å². The van der Waals surface area contributed by atoms with Gasteiger partial charge >= 0.3 is 0 Å². The molecule has 1 amide bonds. The molecule has 0 saturated carbocycles. The predicted molar refractivity (Wildman–Crippen MR) is 81.0 cm³/mol. The molecule has 0 radical (unpaired) electrons. The van der Waals surface area contributed by atoms with Crippen LogP contribution < -0.4 is 5.32 Å². The Labute approximate surface area is 123 Å². The molecule has 1 aliphatic heterocycles. The Kier molecular flexibility index (Phi) is 3.60. The molecule has 0 unspecified atom stereocenters. The van der Waals surface area contributed by atoms with Gasteiger partial charge in [0.05, 0.1) is 5.70 Å². The van der Waals surface area contributed by atoms with E-state index in [1.165, 1.54) is 6.08 Å². The summed E-state index contributed by atoms with van der Waals surface area (Å²) in [7, 11) is 0.